The minimum atomic E-state index is -0.440. The van der Waals surface area contributed by atoms with Crippen molar-refractivity contribution in [3.8, 4) is 0 Å². The first-order chi connectivity index (χ1) is 13.2. The van der Waals surface area contributed by atoms with Gasteiger partial charge in [-0.3, -0.25) is 4.90 Å². The van der Waals surface area contributed by atoms with E-state index >= 15 is 0 Å². The zero-order valence-electron chi connectivity index (χ0n) is 16.2. The van der Waals surface area contributed by atoms with Gasteiger partial charge in [0.05, 0.1) is 18.4 Å². The lowest BCUT2D eigenvalue weighted by atomic mass is 9.87. The average molecular weight is 377 g/mol. The number of aliphatic hydroxyl groups excluding tert-OH is 1. The predicted octanol–water partition coefficient (Wildman–Crippen LogP) is 3.15. The van der Waals surface area contributed by atoms with Crippen molar-refractivity contribution in [2.45, 2.75) is 38.2 Å². The molecule has 0 unspecified atom stereocenters. The van der Waals surface area contributed by atoms with E-state index in [9.17, 15) is 9.50 Å². The number of benzene rings is 1. The first kappa shape index (κ1) is 19.2. The molecule has 1 heterocycles. The van der Waals surface area contributed by atoms with Gasteiger partial charge < -0.3 is 14.7 Å². The Hall–Kier alpha value is -1.17. The Bertz CT molecular complexity index is 606. The van der Waals surface area contributed by atoms with E-state index in [4.69, 9.17) is 4.74 Å². The van der Waals surface area contributed by atoms with Gasteiger partial charge in [-0.25, -0.2) is 4.39 Å². The molecule has 27 heavy (non-hydrogen) atoms. The van der Waals surface area contributed by atoms with Crippen molar-refractivity contribution in [3.05, 3.63) is 30.1 Å². The van der Waals surface area contributed by atoms with Gasteiger partial charge in [0.2, 0.25) is 0 Å². The Labute approximate surface area is 162 Å². The molecule has 1 aromatic carbocycles. The third-order valence-corrected chi connectivity index (χ3v) is 6.86. The van der Waals surface area contributed by atoms with Crippen LogP contribution in [0.3, 0.4) is 0 Å². The molecule has 1 saturated heterocycles. The van der Waals surface area contributed by atoms with Gasteiger partial charge in [0.1, 0.15) is 5.82 Å². The van der Waals surface area contributed by atoms with E-state index in [0.717, 1.165) is 57.0 Å². The summed E-state index contributed by atoms with van der Waals surface area (Å²) >= 11 is 0. The Balaban J connectivity index is 1.11. The fourth-order valence-electron chi connectivity index (χ4n) is 5.41. The minimum Gasteiger partial charge on any atom is -0.389 e. The number of anilines is 1. The smallest absolute Gasteiger partial charge is 0.146 e. The third-order valence-electron chi connectivity index (χ3n) is 6.86. The van der Waals surface area contributed by atoms with Crippen LogP contribution in [0.15, 0.2) is 24.3 Å². The van der Waals surface area contributed by atoms with Gasteiger partial charge in [0.25, 0.3) is 0 Å². The second-order valence-corrected chi connectivity index (χ2v) is 8.69. The molecule has 1 N–H and O–H groups in total. The summed E-state index contributed by atoms with van der Waals surface area (Å²) in [5.74, 6) is 2.66. The van der Waals surface area contributed by atoms with Crippen LogP contribution in [-0.4, -0.2) is 62.0 Å². The van der Waals surface area contributed by atoms with E-state index in [2.05, 4.69) is 9.80 Å². The monoisotopic (exact) mass is 376 g/mol. The number of hydrogen-bond acceptors (Lipinski definition) is 4. The fourth-order valence-corrected chi connectivity index (χ4v) is 5.41. The third kappa shape index (κ3) is 4.82. The Morgan fingerprint density at radius 3 is 2.63 bits per heavy atom. The summed E-state index contributed by atoms with van der Waals surface area (Å²) < 4.78 is 19.7. The SMILES string of the molecule is O[C@H](COCC[C@H]1C[C@@H]2CC[C@@H]1C2)CN1CCN(c2ccccc2F)CC1. The molecule has 3 fully saturated rings. The largest absolute Gasteiger partial charge is 0.389 e. The van der Waals surface area contributed by atoms with Crippen molar-refractivity contribution in [2.24, 2.45) is 17.8 Å². The number of piperazine rings is 1. The van der Waals surface area contributed by atoms with Crippen LogP contribution >= 0.6 is 0 Å². The molecule has 0 spiro atoms. The molecular weight excluding hydrogens is 343 g/mol. The second kappa shape index (κ2) is 8.89. The van der Waals surface area contributed by atoms with Gasteiger partial charge in [-0.15, -0.1) is 0 Å². The minimum absolute atomic E-state index is 0.158. The van der Waals surface area contributed by atoms with Crippen LogP contribution in [0.4, 0.5) is 10.1 Å². The van der Waals surface area contributed by atoms with E-state index < -0.39 is 6.10 Å². The lowest BCUT2D eigenvalue weighted by Crippen LogP contribution is -2.49. The number of rotatable bonds is 8. The number of halogens is 1. The van der Waals surface area contributed by atoms with Crippen molar-refractivity contribution in [1.29, 1.82) is 0 Å². The average Bonchev–Trinajstić information content (AvgIpc) is 3.30. The zero-order valence-corrected chi connectivity index (χ0v) is 16.2. The van der Waals surface area contributed by atoms with E-state index in [1.807, 2.05) is 12.1 Å². The molecule has 3 aliphatic rings. The molecule has 5 heteroatoms. The lowest BCUT2D eigenvalue weighted by Gasteiger charge is -2.37. The number of nitrogens with zero attached hydrogens (tertiary/aromatic N) is 2. The molecule has 4 nitrogen and oxygen atoms in total. The van der Waals surface area contributed by atoms with Crippen molar-refractivity contribution in [2.75, 3.05) is 50.8 Å². The highest BCUT2D eigenvalue weighted by molar-refractivity contribution is 5.47. The van der Waals surface area contributed by atoms with Crippen LogP contribution in [0.2, 0.25) is 0 Å². The molecule has 4 rings (SSSR count). The highest BCUT2D eigenvalue weighted by atomic mass is 19.1. The molecule has 2 bridgehead atoms. The normalized spacial score (nSPS) is 29.4. The molecule has 0 radical (unpaired) electrons. The van der Waals surface area contributed by atoms with Crippen LogP contribution < -0.4 is 4.90 Å². The van der Waals surface area contributed by atoms with Crippen LogP contribution in [0.5, 0.6) is 0 Å². The first-order valence-corrected chi connectivity index (χ1v) is 10.7. The molecular formula is C22H33FN2O2. The van der Waals surface area contributed by atoms with E-state index in [-0.39, 0.29) is 5.82 Å². The molecule has 0 amide bonds. The number of hydrogen-bond donors (Lipinski definition) is 1. The van der Waals surface area contributed by atoms with Crippen LogP contribution in [-0.2, 0) is 4.74 Å². The van der Waals surface area contributed by atoms with Gasteiger partial charge in [0, 0.05) is 39.3 Å². The van der Waals surface area contributed by atoms with Crippen molar-refractivity contribution < 1.29 is 14.2 Å². The molecule has 1 aliphatic heterocycles. The highest BCUT2D eigenvalue weighted by Crippen LogP contribution is 2.49. The quantitative estimate of drug-likeness (QED) is 0.707. The second-order valence-electron chi connectivity index (χ2n) is 8.69. The molecule has 2 saturated carbocycles. The predicted molar refractivity (Wildman–Crippen MR) is 105 cm³/mol. The Kier molecular flexibility index (Phi) is 6.31. The van der Waals surface area contributed by atoms with Crippen LogP contribution in [0.1, 0.15) is 32.1 Å². The molecule has 4 atom stereocenters. The molecule has 1 aromatic rings. The summed E-state index contributed by atoms with van der Waals surface area (Å²) in [5, 5.41) is 10.3. The summed E-state index contributed by atoms with van der Waals surface area (Å²) in [7, 11) is 0. The highest BCUT2D eigenvalue weighted by Gasteiger charge is 2.38. The summed E-state index contributed by atoms with van der Waals surface area (Å²) in [5.41, 5.74) is 0.682. The van der Waals surface area contributed by atoms with Gasteiger partial charge in [-0.1, -0.05) is 18.6 Å². The first-order valence-electron chi connectivity index (χ1n) is 10.7. The topological polar surface area (TPSA) is 35.9 Å². The molecule has 150 valence electrons. The van der Waals surface area contributed by atoms with E-state index in [0.29, 0.717) is 18.8 Å². The maximum atomic E-state index is 13.9. The van der Waals surface area contributed by atoms with Crippen molar-refractivity contribution >= 4 is 5.69 Å². The summed E-state index contributed by atoms with van der Waals surface area (Å²) in [6.45, 7) is 5.12. The Morgan fingerprint density at radius 2 is 1.93 bits per heavy atom. The summed E-state index contributed by atoms with van der Waals surface area (Å²) in [4.78, 5) is 4.34. The van der Waals surface area contributed by atoms with Gasteiger partial charge in [0.15, 0.2) is 0 Å². The maximum absolute atomic E-state index is 13.9. The summed E-state index contributed by atoms with van der Waals surface area (Å²) in [6, 6.07) is 6.95. The van der Waals surface area contributed by atoms with Gasteiger partial charge in [-0.05, 0) is 55.6 Å². The molecule has 0 aromatic heterocycles. The maximum Gasteiger partial charge on any atom is 0.146 e. The Morgan fingerprint density at radius 1 is 1.11 bits per heavy atom. The van der Waals surface area contributed by atoms with Crippen LogP contribution in [0.25, 0.3) is 0 Å². The standard InChI is InChI=1S/C22H33FN2O2/c23-21-3-1-2-4-22(21)25-10-8-24(9-11-25)15-20(26)16-27-12-7-19-14-17-5-6-18(19)13-17/h1-4,17-20,26H,5-16H2/t17-,18-,19+,20+/m1/s1. The lowest BCUT2D eigenvalue weighted by molar-refractivity contribution is 0.0100. The van der Waals surface area contributed by atoms with Gasteiger partial charge in [-0.2, -0.15) is 0 Å². The number of fused-ring (bicyclic) bond motifs is 2. The van der Waals surface area contributed by atoms with E-state index in [1.165, 1.54) is 31.7 Å². The number of aliphatic hydroxyl groups is 1. The van der Waals surface area contributed by atoms with Crippen LogP contribution in [0, 0.1) is 23.6 Å². The number of β-amino-alcohol motifs (C(OH)–C–C–N with tert-alkyl or cyclic N) is 1. The van der Waals surface area contributed by atoms with E-state index in [1.54, 1.807) is 6.07 Å². The van der Waals surface area contributed by atoms with Crippen molar-refractivity contribution in [1.82, 2.24) is 4.90 Å². The van der Waals surface area contributed by atoms with Crippen molar-refractivity contribution in [3.63, 3.8) is 0 Å². The molecule has 2 aliphatic carbocycles. The fraction of sp³-hybridized carbons (Fsp3) is 0.727. The number of para-hydroxylation sites is 1. The summed E-state index contributed by atoms with van der Waals surface area (Å²) in [6.07, 6.45) is 6.46. The zero-order chi connectivity index (χ0) is 18.6. The number of ether oxygens (including phenoxy) is 1. The van der Waals surface area contributed by atoms with Gasteiger partial charge >= 0.3 is 0 Å².